The lowest BCUT2D eigenvalue weighted by Gasteiger charge is -2.31. The fourth-order valence-electron chi connectivity index (χ4n) is 2.59. The number of nitrogens with zero attached hydrogens (tertiary/aromatic N) is 3. The smallest absolute Gasteiger partial charge is 0.324 e. The van der Waals surface area contributed by atoms with Crippen LogP contribution in [0.25, 0.3) is 0 Å². The fourth-order valence-corrected chi connectivity index (χ4v) is 4.16. The van der Waals surface area contributed by atoms with Crippen LogP contribution in [0, 0.1) is 17.2 Å². The van der Waals surface area contributed by atoms with Crippen LogP contribution in [0.5, 0.6) is 0 Å². The summed E-state index contributed by atoms with van der Waals surface area (Å²) in [6, 6.07) is 1.22. The summed E-state index contributed by atoms with van der Waals surface area (Å²) in [7, 11) is -2.27. The van der Waals surface area contributed by atoms with Crippen molar-refractivity contribution in [3.05, 3.63) is 0 Å². The van der Waals surface area contributed by atoms with Gasteiger partial charge in [0.2, 0.25) is 0 Å². The Morgan fingerprint density at radius 3 is 2.95 bits per heavy atom. The topological polar surface area (TPSA) is 90.7 Å². The fraction of sp³-hybridized carbons (Fsp3) is 0.818. The summed E-state index contributed by atoms with van der Waals surface area (Å²) in [5.41, 5.74) is 0. The van der Waals surface area contributed by atoms with Crippen molar-refractivity contribution in [2.24, 2.45) is 5.92 Å². The van der Waals surface area contributed by atoms with Crippen LogP contribution >= 0.6 is 0 Å². The van der Waals surface area contributed by atoms with Crippen molar-refractivity contribution < 1.29 is 17.9 Å². The number of fused-ring (bicyclic) bond motifs is 1. The Labute approximate surface area is 112 Å². The van der Waals surface area contributed by atoms with Crippen molar-refractivity contribution in [2.75, 3.05) is 26.7 Å². The van der Waals surface area contributed by atoms with Gasteiger partial charge in [-0.15, -0.1) is 0 Å². The van der Waals surface area contributed by atoms with E-state index in [1.54, 1.807) is 0 Å². The largest absolute Gasteiger partial charge is 0.464 e. The van der Waals surface area contributed by atoms with Crippen molar-refractivity contribution in [3.8, 4) is 6.07 Å². The van der Waals surface area contributed by atoms with E-state index >= 15 is 0 Å². The average Bonchev–Trinajstić information content (AvgIpc) is 2.81. The van der Waals surface area contributed by atoms with Crippen LogP contribution < -0.4 is 0 Å². The Hall–Kier alpha value is -1.17. The van der Waals surface area contributed by atoms with E-state index in [9.17, 15) is 13.2 Å². The van der Waals surface area contributed by atoms with Gasteiger partial charge >= 0.3 is 5.97 Å². The van der Waals surface area contributed by atoms with E-state index in [2.05, 4.69) is 0 Å². The van der Waals surface area contributed by atoms with Gasteiger partial charge in [-0.25, -0.2) is 0 Å². The molecule has 8 heteroatoms. The summed E-state index contributed by atoms with van der Waals surface area (Å²) in [6.07, 6.45) is 1.53. The minimum absolute atomic E-state index is 0.0559. The molecular weight excluding hydrogens is 270 g/mol. The van der Waals surface area contributed by atoms with Crippen molar-refractivity contribution >= 4 is 16.2 Å². The summed E-state index contributed by atoms with van der Waals surface area (Å²) in [5.74, 6) is -0.397. The molecular formula is C11H17N3O4S. The first-order valence-corrected chi connectivity index (χ1v) is 7.65. The molecule has 106 valence electrons. The highest BCUT2D eigenvalue weighted by Crippen LogP contribution is 2.33. The number of nitriles is 1. The lowest BCUT2D eigenvalue weighted by Crippen LogP contribution is -2.51. The molecule has 0 saturated carbocycles. The molecule has 0 spiro atoms. The van der Waals surface area contributed by atoms with Crippen molar-refractivity contribution in [1.29, 1.82) is 5.26 Å². The molecule has 0 bridgehead atoms. The number of esters is 1. The predicted molar refractivity (Wildman–Crippen MR) is 66.0 cm³/mol. The first-order chi connectivity index (χ1) is 8.98. The maximum Gasteiger partial charge on any atom is 0.324 e. The first kappa shape index (κ1) is 14.2. The number of hydrogen-bond donors (Lipinski definition) is 0. The molecule has 2 aliphatic rings. The molecule has 0 aromatic carbocycles. The molecule has 2 fully saturated rings. The van der Waals surface area contributed by atoms with Gasteiger partial charge in [-0.05, 0) is 18.8 Å². The molecule has 0 aromatic heterocycles. The maximum atomic E-state index is 12.4. The van der Waals surface area contributed by atoms with Crippen molar-refractivity contribution in [3.63, 3.8) is 0 Å². The van der Waals surface area contributed by atoms with Gasteiger partial charge in [0, 0.05) is 26.6 Å². The molecule has 2 unspecified atom stereocenters. The zero-order valence-corrected chi connectivity index (χ0v) is 11.6. The van der Waals surface area contributed by atoms with Gasteiger partial charge in [0.15, 0.2) is 0 Å². The van der Waals surface area contributed by atoms with Crippen LogP contribution in [-0.2, 0) is 19.7 Å². The molecule has 0 N–H and O–H groups in total. The third-order valence-electron chi connectivity index (χ3n) is 3.68. The first-order valence-electron chi connectivity index (χ1n) is 6.25. The van der Waals surface area contributed by atoms with Crippen molar-refractivity contribution in [2.45, 2.75) is 25.3 Å². The molecule has 0 aromatic rings. The normalized spacial score (nSPS) is 27.9. The minimum Gasteiger partial charge on any atom is -0.464 e. The van der Waals surface area contributed by atoms with Crippen LogP contribution in [0.3, 0.4) is 0 Å². The average molecular weight is 287 g/mol. The van der Waals surface area contributed by atoms with Crippen LogP contribution in [0.15, 0.2) is 0 Å². The number of rotatable bonds is 4. The molecule has 19 heavy (non-hydrogen) atoms. The Balaban J connectivity index is 2.17. The van der Waals surface area contributed by atoms with E-state index in [0.717, 1.165) is 4.31 Å². The molecule has 2 rings (SSSR count). The van der Waals surface area contributed by atoms with Gasteiger partial charge < -0.3 is 4.74 Å². The Morgan fingerprint density at radius 2 is 2.26 bits per heavy atom. The predicted octanol–water partition coefficient (Wildman–Crippen LogP) is -0.286. The Bertz CT molecular complexity index is 499. The van der Waals surface area contributed by atoms with Crippen LogP contribution in [0.4, 0.5) is 0 Å². The van der Waals surface area contributed by atoms with Crippen LogP contribution in [-0.4, -0.2) is 55.8 Å². The van der Waals surface area contributed by atoms with Crippen LogP contribution in [0.2, 0.25) is 0 Å². The van der Waals surface area contributed by atoms with Gasteiger partial charge in [-0.3, -0.25) is 4.79 Å². The Kier molecular flexibility index (Phi) is 4.08. The van der Waals surface area contributed by atoms with E-state index in [1.165, 1.54) is 11.4 Å². The SMILES string of the molecule is CN(CCC#N)S(=O)(=O)N1CCC2CCOC(=O)C21. The molecule has 0 aliphatic carbocycles. The molecule has 0 amide bonds. The van der Waals surface area contributed by atoms with E-state index in [4.69, 9.17) is 10.00 Å². The number of carbonyl (C=O) groups excluding carboxylic acids is 1. The quantitative estimate of drug-likeness (QED) is 0.663. The number of cyclic esters (lactones) is 1. The molecule has 0 radical (unpaired) electrons. The second-order valence-corrected chi connectivity index (χ2v) is 6.79. The third-order valence-corrected chi connectivity index (χ3v) is 5.65. The lowest BCUT2D eigenvalue weighted by molar-refractivity contribution is -0.153. The molecule has 2 saturated heterocycles. The second kappa shape index (κ2) is 5.45. The third kappa shape index (κ3) is 2.59. The van der Waals surface area contributed by atoms with E-state index in [-0.39, 0.29) is 18.9 Å². The van der Waals surface area contributed by atoms with E-state index in [1.807, 2.05) is 6.07 Å². The monoisotopic (exact) mass is 287 g/mol. The summed E-state index contributed by atoms with van der Waals surface area (Å²) in [5, 5.41) is 8.52. The van der Waals surface area contributed by atoms with Gasteiger partial charge in [0.1, 0.15) is 6.04 Å². The van der Waals surface area contributed by atoms with Gasteiger partial charge in [0.25, 0.3) is 10.2 Å². The van der Waals surface area contributed by atoms with Gasteiger partial charge in [0.05, 0.1) is 12.7 Å². The summed E-state index contributed by atoms with van der Waals surface area (Å²) >= 11 is 0. The molecule has 7 nitrogen and oxygen atoms in total. The van der Waals surface area contributed by atoms with Gasteiger partial charge in [-0.2, -0.15) is 22.3 Å². The number of carbonyl (C=O) groups is 1. The van der Waals surface area contributed by atoms with Crippen molar-refractivity contribution in [1.82, 2.24) is 8.61 Å². The summed E-state index contributed by atoms with van der Waals surface area (Å²) < 4.78 is 32.1. The second-order valence-electron chi connectivity index (χ2n) is 4.80. The Morgan fingerprint density at radius 1 is 1.53 bits per heavy atom. The molecule has 2 aliphatic heterocycles. The van der Waals surface area contributed by atoms with E-state index < -0.39 is 22.2 Å². The molecule has 2 atom stereocenters. The lowest BCUT2D eigenvalue weighted by atomic mass is 9.96. The highest BCUT2D eigenvalue weighted by Gasteiger charge is 2.48. The highest BCUT2D eigenvalue weighted by molar-refractivity contribution is 7.86. The number of ether oxygens (including phenoxy) is 1. The number of hydrogen-bond acceptors (Lipinski definition) is 5. The molecule has 2 heterocycles. The summed E-state index contributed by atoms with van der Waals surface area (Å²) in [6.45, 7) is 0.837. The standard InChI is InChI=1S/C11H17N3O4S/c1-13(6-2-5-12)19(16,17)14-7-3-9-4-8-18-11(15)10(9)14/h9-10H,2-4,6-8H2,1H3. The van der Waals surface area contributed by atoms with Crippen LogP contribution in [0.1, 0.15) is 19.3 Å². The maximum absolute atomic E-state index is 12.4. The van der Waals surface area contributed by atoms with Gasteiger partial charge in [-0.1, -0.05) is 0 Å². The summed E-state index contributed by atoms with van der Waals surface area (Å²) in [4.78, 5) is 11.8. The zero-order chi connectivity index (χ0) is 14.0. The minimum atomic E-state index is -3.70. The zero-order valence-electron chi connectivity index (χ0n) is 10.8. The highest BCUT2D eigenvalue weighted by atomic mass is 32.2. The van der Waals surface area contributed by atoms with E-state index in [0.29, 0.717) is 26.0 Å².